The SMILES string of the molecule is O=C(NCc1ccc(Cl)cc1)[C@@H]1CCCN(c2nnc(-n3cccc3)s2)C1. The van der Waals surface area contributed by atoms with Crippen molar-refractivity contribution >= 4 is 34.0 Å². The molecule has 0 saturated carbocycles. The van der Waals surface area contributed by atoms with E-state index in [4.69, 9.17) is 11.6 Å². The third-order valence-corrected chi connectivity index (χ3v) is 5.92. The van der Waals surface area contributed by atoms with Crippen LogP contribution in [-0.4, -0.2) is 33.8 Å². The normalized spacial score (nSPS) is 17.1. The third kappa shape index (κ3) is 4.31. The van der Waals surface area contributed by atoms with Crippen molar-refractivity contribution in [1.82, 2.24) is 20.1 Å². The molecule has 2 aromatic heterocycles. The monoisotopic (exact) mass is 401 g/mol. The lowest BCUT2D eigenvalue weighted by Crippen LogP contribution is -2.43. The fourth-order valence-corrected chi connectivity index (χ4v) is 4.18. The predicted molar refractivity (Wildman–Crippen MR) is 107 cm³/mol. The number of amides is 1. The molecule has 0 radical (unpaired) electrons. The predicted octanol–water partition coefficient (Wildman–Crippen LogP) is 3.52. The standard InChI is InChI=1S/C19H20ClN5OS/c20-16-7-5-14(6-8-16)12-21-17(26)15-4-3-11-25(13-15)19-23-22-18(27-19)24-9-1-2-10-24/h1-2,5-10,15H,3-4,11-13H2,(H,21,26)/t15-/m1/s1. The third-order valence-electron chi connectivity index (χ3n) is 4.67. The lowest BCUT2D eigenvalue weighted by Gasteiger charge is -2.31. The van der Waals surface area contributed by atoms with Crippen molar-refractivity contribution in [2.24, 2.45) is 5.92 Å². The zero-order valence-corrected chi connectivity index (χ0v) is 16.3. The number of nitrogens with zero attached hydrogens (tertiary/aromatic N) is 4. The lowest BCUT2D eigenvalue weighted by atomic mass is 9.97. The first-order chi connectivity index (χ1) is 13.2. The minimum Gasteiger partial charge on any atom is -0.352 e. The number of benzene rings is 1. The molecule has 3 heterocycles. The van der Waals surface area contributed by atoms with Gasteiger partial charge in [-0.2, -0.15) is 0 Å². The molecule has 8 heteroatoms. The molecule has 0 unspecified atom stereocenters. The number of hydrogen-bond acceptors (Lipinski definition) is 5. The first-order valence-electron chi connectivity index (χ1n) is 8.93. The Morgan fingerprint density at radius 2 is 1.93 bits per heavy atom. The number of rotatable bonds is 5. The van der Waals surface area contributed by atoms with Gasteiger partial charge < -0.3 is 10.2 Å². The van der Waals surface area contributed by atoms with Crippen molar-refractivity contribution < 1.29 is 4.79 Å². The lowest BCUT2D eigenvalue weighted by molar-refractivity contribution is -0.125. The number of aromatic nitrogens is 3. The second-order valence-corrected chi connectivity index (χ2v) is 7.96. The molecule has 0 aliphatic carbocycles. The Hall–Kier alpha value is -2.38. The van der Waals surface area contributed by atoms with Crippen LogP contribution >= 0.6 is 22.9 Å². The van der Waals surface area contributed by atoms with Crippen LogP contribution in [-0.2, 0) is 11.3 Å². The number of nitrogens with one attached hydrogen (secondary N) is 1. The van der Waals surface area contributed by atoms with E-state index in [1.165, 1.54) is 0 Å². The van der Waals surface area contributed by atoms with Gasteiger partial charge in [-0.3, -0.25) is 9.36 Å². The van der Waals surface area contributed by atoms with E-state index >= 15 is 0 Å². The van der Waals surface area contributed by atoms with Crippen LogP contribution in [0.4, 0.5) is 5.13 Å². The molecule has 1 fully saturated rings. The summed E-state index contributed by atoms with van der Waals surface area (Å²) in [5, 5.41) is 14.0. The van der Waals surface area contributed by atoms with E-state index in [-0.39, 0.29) is 11.8 Å². The Morgan fingerprint density at radius 3 is 2.70 bits per heavy atom. The largest absolute Gasteiger partial charge is 0.352 e. The first kappa shape index (κ1) is 18.0. The molecule has 0 bridgehead atoms. The molecule has 0 spiro atoms. The van der Waals surface area contributed by atoms with Crippen molar-refractivity contribution in [3.63, 3.8) is 0 Å². The highest BCUT2D eigenvalue weighted by atomic mass is 35.5. The van der Waals surface area contributed by atoms with Crippen LogP contribution in [0.15, 0.2) is 48.8 Å². The number of halogens is 1. The van der Waals surface area contributed by atoms with Crippen molar-refractivity contribution in [3.05, 3.63) is 59.4 Å². The van der Waals surface area contributed by atoms with Gasteiger partial charge in [0.1, 0.15) is 0 Å². The van der Waals surface area contributed by atoms with E-state index < -0.39 is 0 Å². The Labute approximate surface area is 166 Å². The first-order valence-corrected chi connectivity index (χ1v) is 10.1. The van der Waals surface area contributed by atoms with Crippen LogP contribution in [0.25, 0.3) is 5.13 Å². The van der Waals surface area contributed by atoms with Crippen LogP contribution in [0.2, 0.25) is 5.02 Å². The fraction of sp³-hybridized carbons (Fsp3) is 0.316. The van der Waals surface area contributed by atoms with E-state index in [1.54, 1.807) is 11.3 Å². The summed E-state index contributed by atoms with van der Waals surface area (Å²) < 4.78 is 1.95. The number of piperidine rings is 1. The highest BCUT2D eigenvalue weighted by molar-refractivity contribution is 7.17. The molecule has 1 amide bonds. The van der Waals surface area contributed by atoms with Gasteiger partial charge in [0.05, 0.1) is 5.92 Å². The highest BCUT2D eigenvalue weighted by Crippen LogP contribution is 2.28. The molecular weight excluding hydrogens is 382 g/mol. The van der Waals surface area contributed by atoms with Crippen LogP contribution in [0.3, 0.4) is 0 Å². The Kier molecular flexibility index (Phi) is 5.40. The molecule has 140 valence electrons. The summed E-state index contributed by atoms with van der Waals surface area (Å²) in [6, 6.07) is 11.5. The van der Waals surface area contributed by atoms with Crippen molar-refractivity contribution in [2.45, 2.75) is 19.4 Å². The van der Waals surface area contributed by atoms with Gasteiger partial charge in [0.25, 0.3) is 0 Å². The van der Waals surface area contributed by atoms with E-state index in [0.29, 0.717) is 18.1 Å². The van der Waals surface area contributed by atoms with E-state index in [1.807, 2.05) is 53.4 Å². The summed E-state index contributed by atoms with van der Waals surface area (Å²) in [4.78, 5) is 14.8. The zero-order valence-electron chi connectivity index (χ0n) is 14.7. The maximum atomic E-state index is 12.6. The maximum absolute atomic E-state index is 12.6. The summed E-state index contributed by atoms with van der Waals surface area (Å²) >= 11 is 7.45. The highest BCUT2D eigenvalue weighted by Gasteiger charge is 2.27. The summed E-state index contributed by atoms with van der Waals surface area (Å²) in [5.74, 6) is 0.0507. The van der Waals surface area contributed by atoms with Gasteiger partial charge in [0.15, 0.2) is 0 Å². The quantitative estimate of drug-likeness (QED) is 0.710. The minimum atomic E-state index is -0.0371. The Morgan fingerprint density at radius 1 is 1.19 bits per heavy atom. The van der Waals surface area contributed by atoms with Crippen LogP contribution < -0.4 is 10.2 Å². The second kappa shape index (κ2) is 8.10. The molecule has 27 heavy (non-hydrogen) atoms. The second-order valence-electron chi connectivity index (χ2n) is 6.59. The van der Waals surface area contributed by atoms with Crippen molar-refractivity contribution in [2.75, 3.05) is 18.0 Å². The van der Waals surface area contributed by atoms with Gasteiger partial charge in [-0.25, -0.2) is 0 Å². The molecule has 1 aliphatic rings. The van der Waals surface area contributed by atoms with Gasteiger partial charge >= 0.3 is 0 Å². The van der Waals surface area contributed by atoms with Gasteiger partial charge in [0, 0.05) is 37.1 Å². The summed E-state index contributed by atoms with van der Waals surface area (Å²) in [6.07, 6.45) is 5.77. The topological polar surface area (TPSA) is 63.1 Å². The smallest absolute Gasteiger partial charge is 0.225 e. The van der Waals surface area contributed by atoms with Crippen molar-refractivity contribution in [1.29, 1.82) is 0 Å². The molecule has 3 aromatic rings. The van der Waals surface area contributed by atoms with Crippen LogP contribution in [0.1, 0.15) is 18.4 Å². The van der Waals surface area contributed by atoms with E-state index in [0.717, 1.165) is 35.2 Å². The van der Waals surface area contributed by atoms with Gasteiger partial charge in [-0.15, -0.1) is 10.2 Å². The molecule has 4 rings (SSSR count). The van der Waals surface area contributed by atoms with Gasteiger partial charge in [-0.1, -0.05) is 35.1 Å². The molecule has 1 N–H and O–H groups in total. The van der Waals surface area contributed by atoms with Gasteiger partial charge in [-0.05, 0) is 42.7 Å². The average molecular weight is 402 g/mol. The minimum absolute atomic E-state index is 0.0371. The number of carbonyl (C=O) groups is 1. The fourth-order valence-electron chi connectivity index (χ4n) is 3.20. The number of hydrogen-bond donors (Lipinski definition) is 1. The van der Waals surface area contributed by atoms with Crippen LogP contribution in [0.5, 0.6) is 0 Å². The van der Waals surface area contributed by atoms with Crippen molar-refractivity contribution in [3.8, 4) is 5.13 Å². The average Bonchev–Trinajstić information content (AvgIpc) is 3.39. The molecular formula is C19H20ClN5OS. The van der Waals surface area contributed by atoms with Crippen LogP contribution in [0, 0.1) is 5.92 Å². The molecule has 1 aromatic carbocycles. The summed E-state index contributed by atoms with van der Waals surface area (Å²) in [6.45, 7) is 2.09. The van der Waals surface area contributed by atoms with E-state index in [9.17, 15) is 4.79 Å². The molecule has 6 nitrogen and oxygen atoms in total. The number of carbonyl (C=O) groups excluding carboxylic acids is 1. The Bertz CT molecular complexity index is 893. The summed E-state index contributed by atoms with van der Waals surface area (Å²) in [7, 11) is 0. The summed E-state index contributed by atoms with van der Waals surface area (Å²) in [5.41, 5.74) is 1.04. The van der Waals surface area contributed by atoms with E-state index in [2.05, 4.69) is 20.4 Å². The Balaban J connectivity index is 1.36. The molecule has 1 aliphatic heterocycles. The van der Waals surface area contributed by atoms with Gasteiger partial charge in [0.2, 0.25) is 16.2 Å². The molecule has 1 saturated heterocycles. The number of anilines is 1. The maximum Gasteiger partial charge on any atom is 0.225 e. The zero-order chi connectivity index (χ0) is 18.6. The molecule has 1 atom stereocenters.